The van der Waals surface area contributed by atoms with Crippen molar-refractivity contribution in [1.29, 1.82) is 0 Å². The summed E-state index contributed by atoms with van der Waals surface area (Å²) in [6.07, 6.45) is 2.82. The van der Waals surface area contributed by atoms with Crippen LogP contribution in [0.4, 0.5) is 11.5 Å². The quantitative estimate of drug-likeness (QED) is 0.579. The van der Waals surface area contributed by atoms with Crippen LogP contribution in [0, 0.1) is 0 Å². The summed E-state index contributed by atoms with van der Waals surface area (Å²) >= 11 is 0. The highest BCUT2D eigenvalue weighted by molar-refractivity contribution is 5.69. The van der Waals surface area contributed by atoms with E-state index in [9.17, 15) is 0 Å². The van der Waals surface area contributed by atoms with E-state index in [1.165, 1.54) is 5.56 Å². The number of aromatic nitrogens is 1. The number of anilines is 2. The van der Waals surface area contributed by atoms with Crippen molar-refractivity contribution >= 4 is 11.5 Å². The molecule has 0 saturated heterocycles. The first-order valence-electron chi connectivity index (χ1n) is 3.77. The van der Waals surface area contributed by atoms with Crippen LogP contribution in [0.5, 0.6) is 0 Å². The first kappa shape index (κ1) is 6.46. The average molecular weight is 149 g/mol. The molecule has 0 fully saturated rings. The zero-order valence-electron chi connectivity index (χ0n) is 6.46. The van der Waals surface area contributed by atoms with Gasteiger partial charge in [-0.25, -0.2) is 4.98 Å². The van der Waals surface area contributed by atoms with E-state index < -0.39 is 0 Å². The standard InChI is InChI=1S/C8H11N3/c1-5-4-6-2-3-10-8(9)7(6)11-5/h2-3,5,11H,4H2,1H3,(H2,9,10). The second-order valence-electron chi connectivity index (χ2n) is 2.98. The third-order valence-corrected chi connectivity index (χ3v) is 1.98. The monoisotopic (exact) mass is 149 g/mol. The number of fused-ring (bicyclic) bond motifs is 1. The Hall–Kier alpha value is -1.25. The zero-order valence-corrected chi connectivity index (χ0v) is 6.46. The lowest BCUT2D eigenvalue weighted by Crippen LogP contribution is -2.09. The number of hydrogen-bond acceptors (Lipinski definition) is 3. The lowest BCUT2D eigenvalue weighted by atomic mass is 10.1. The van der Waals surface area contributed by atoms with Crippen molar-refractivity contribution in [2.45, 2.75) is 19.4 Å². The summed E-state index contributed by atoms with van der Waals surface area (Å²) in [5.41, 5.74) is 7.97. The number of rotatable bonds is 0. The van der Waals surface area contributed by atoms with Gasteiger partial charge in [0.15, 0.2) is 0 Å². The smallest absolute Gasteiger partial charge is 0.147 e. The van der Waals surface area contributed by atoms with Gasteiger partial charge in [-0.2, -0.15) is 0 Å². The molecule has 0 bridgehead atoms. The number of nitrogens with zero attached hydrogens (tertiary/aromatic N) is 1. The van der Waals surface area contributed by atoms with E-state index in [1.54, 1.807) is 6.20 Å². The van der Waals surface area contributed by atoms with Gasteiger partial charge in [0, 0.05) is 12.2 Å². The Morgan fingerprint density at radius 3 is 3.27 bits per heavy atom. The molecular weight excluding hydrogens is 138 g/mol. The molecule has 1 aromatic rings. The van der Waals surface area contributed by atoms with Gasteiger partial charge in [0.25, 0.3) is 0 Å². The molecule has 0 saturated carbocycles. The molecule has 1 aromatic heterocycles. The van der Waals surface area contributed by atoms with E-state index in [4.69, 9.17) is 5.73 Å². The Morgan fingerprint density at radius 1 is 1.73 bits per heavy atom. The van der Waals surface area contributed by atoms with Crippen molar-refractivity contribution in [2.24, 2.45) is 0 Å². The van der Waals surface area contributed by atoms with Crippen LogP contribution in [0.3, 0.4) is 0 Å². The summed E-state index contributed by atoms with van der Waals surface area (Å²) in [5.74, 6) is 0.617. The van der Waals surface area contributed by atoms with Crippen molar-refractivity contribution in [1.82, 2.24) is 4.98 Å². The third-order valence-electron chi connectivity index (χ3n) is 1.98. The van der Waals surface area contributed by atoms with Gasteiger partial charge in [0.1, 0.15) is 5.82 Å². The number of nitrogens with one attached hydrogen (secondary N) is 1. The van der Waals surface area contributed by atoms with E-state index in [0.29, 0.717) is 11.9 Å². The fraction of sp³-hybridized carbons (Fsp3) is 0.375. The lowest BCUT2D eigenvalue weighted by molar-refractivity contribution is 0.839. The summed E-state index contributed by atoms with van der Waals surface area (Å²) in [5, 5.41) is 3.28. The molecule has 3 nitrogen and oxygen atoms in total. The number of hydrogen-bond donors (Lipinski definition) is 2. The van der Waals surface area contributed by atoms with Crippen molar-refractivity contribution < 1.29 is 0 Å². The molecule has 11 heavy (non-hydrogen) atoms. The van der Waals surface area contributed by atoms with Crippen LogP contribution in [-0.2, 0) is 6.42 Å². The van der Waals surface area contributed by atoms with Gasteiger partial charge in [-0.3, -0.25) is 0 Å². The van der Waals surface area contributed by atoms with Gasteiger partial charge in [-0.1, -0.05) is 0 Å². The Morgan fingerprint density at radius 2 is 2.55 bits per heavy atom. The van der Waals surface area contributed by atoms with Crippen LogP contribution in [0.15, 0.2) is 12.3 Å². The fourth-order valence-electron chi connectivity index (χ4n) is 1.48. The van der Waals surface area contributed by atoms with E-state index in [2.05, 4.69) is 17.2 Å². The van der Waals surface area contributed by atoms with Crippen LogP contribution in [0.25, 0.3) is 0 Å². The summed E-state index contributed by atoms with van der Waals surface area (Å²) in [4.78, 5) is 4.00. The summed E-state index contributed by atoms with van der Waals surface area (Å²) in [7, 11) is 0. The van der Waals surface area contributed by atoms with E-state index >= 15 is 0 Å². The predicted molar refractivity (Wildman–Crippen MR) is 45.4 cm³/mol. The van der Waals surface area contributed by atoms with Gasteiger partial charge in [0.05, 0.1) is 5.69 Å². The third kappa shape index (κ3) is 0.926. The highest BCUT2D eigenvalue weighted by Gasteiger charge is 2.18. The molecule has 0 aromatic carbocycles. The van der Waals surface area contributed by atoms with Gasteiger partial charge >= 0.3 is 0 Å². The van der Waals surface area contributed by atoms with Gasteiger partial charge in [-0.15, -0.1) is 0 Å². The molecule has 2 rings (SSSR count). The molecule has 1 aliphatic heterocycles. The van der Waals surface area contributed by atoms with E-state index in [0.717, 1.165) is 12.1 Å². The van der Waals surface area contributed by atoms with Gasteiger partial charge < -0.3 is 11.1 Å². The molecule has 3 heteroatoms. The topological polar surface area (TPSA) is 50.9 Å². The van der Waals surface area contributed by atoms with Crippen molar-refractivity contribution in [3.8, 4) is 0 Å². The van der Waals surface area contributed by atoms with Crippen LogP contribution in [0.1, 0.15) is 12.5 Å². The second-order valence-corrected chi connectivity index (χ2v) is 2.98. The first-order chi connectivity index (χ1) is 5.27. The summed E-state index contributed by atoms with van der Waals surface area (Å²) in [6, 6.07) is 2.51. The van der Waals surface area contributed by atoms with Crippen LogP contribution >= 0.6 is 0 Å². The Kier molecular flexibility index (Phi) is 1.24. The minimum absolute atomic E-state index is 0.497. The normalized spacial score (nSPS) is 21.0. The largest absolute Gasteiger partial charge is 0.382 e. The first-order valence-corrected chi connectivity index (χ1v) is 3.77. The van der Waals surface area contributed by atoms with Crippen LogP contribution < -0.4 is 11.1 Å². The minimum atomic E-state index is 0.497. The second kappa shape index (κ2) is 2.12. The molecule has 3 N–H and O–H groups in total. The van der Waals surface area contributed by atoms with E-state index in [-0.39, 0.29) is 0 Å². The van der Waals surface area contributed by atoms with E-state index in [1.807, 2.05) is 6.07 Å². The van der Waals surface area contributed by atoms with Crippen molar-refractivity contribution in [3.05, 3.63) is 17.8 Å². The maximum absolute atomic E-state index is 5.66. The number of nitrogens with two attached hydrogens (primary N) is 1. The molecule has 0 spiro atoms. The predicted octanol–water partition coefficient (Wildman–Crippen LogP) is 1.02. The van der Waals surface area contributed by atoms with Crippen molar-refractivity contribution in [2.75, 3.05) is 11.1 Å². The Labute approximate surface area is 65.6 Å². The number of nitrogen functional groups attached to an aromatic ring is 1. The minimum Gasteiger partial charge on any atom is -0.382 e. The summed E-state index contributed by atoms with van der Waals surface area (Å²) in [6.45, 7) is 2.14. The number of pyridine rings is 1. The molecule has 58 valence electrons. The maximum Gasteiger partial charge on any atom is 0.147 e. The summed E-state index contributed by atoms with van der Waals surface area (Å²) < 4.78 is 0. The molecule has 0 radical (unpaired) electrons. The van der Waals surface area contributed by atoms with Crippen LogP contribution in [0.2, 0.25) is 0 Å². The fourth-order valence-corrected chi connectivity index (χ4v) is 1.48. The highest BCUT2D eigenvalue weighted by Crippen LogP contribution is 2.28. The SMILES string of the molecule is CC1Cc2ccnc(N)c2N1. The average Bonchev–Trinajstić information content (AvgIpc) is 2.31. The van der Waals surface area contributed by atoms with Gasteiger partial charge in [-0.05, 0) is 25.0 Å². The van der Waals surface area contributed by atoms with Crippen molar-refractivity contribution in [3.63, 3.8) is 0 Å². The molecular formula is C8H11N3. The molecule has 2 heterocycles. The molecule has 1 aliphatic rings. The lowest BCUT2D eigenvalue weighted by Gasteiger charge is -2.03. The molecule has 1 unspecified atom stereocenters. The highest BCUT2D eigenvalue weighted by atomic mass is 15.0. The van der Waals surface area contributed by atoms with Gasteiger partial charge in [0.2, 0.25) is 0 Å². The molecule has 0 amide bonds. The Balaban J connectivity index is 2.49. The Bertz CT molecular complexity index is 283. The zero-order chi connectivity index (χ0) is 7.84. The van der Waals surface area contributed by atoms with Crippen LogP contribution in [-0.4, -0.2) is 11.0 Å². The maximum atomic E-state index is 5.66. The molecule has 0 aliphatic carbocycles. The molecule has 1 atom stereocenters.